The van der Waals surface area contributed by atoms with E-state index < -0.39 is 11.8 Å². The van der Waals surface area contributed by atoms with E-state index in [0.717, 1.165) is 21.6 Å². The molecule has 0 aliphatic carbocycles. The number of carbonyl (C=O) groups excluding carboxylic acids is 2. The van der Waals surface area contributed by atoms with Gasteiger partial charge in [0, 0.05) is 5.57 Å². The average Bonchev–Trinajstić information content (AvgIpc) is 3.00. The summed E-state index contributed by atoms with van der Waals surface area (Å²) in [7, 11) is 0. The van der Waals surface area contributed by atoms with Crippen LogP contribution in [0.3, 0.4) is 0 Å². The van der Waals surface area contributed by atoms with Crippen LogP contribution in [0.2, 0.25) is 0 Å². The number of aryl methyl sites for hydroxylation is 1. The minimum atomic E-state index is -0.652. The van der Waals surface area contributed by atoms with Crippen molar-refractivity contribution in [2.75, 3.05) is 4.90 Å². The Morgan fingerprint density at radius 1 is 0.759 bits per heavy atom. The molecule has 0 saturated carbocycles. The number of amides is 2. The highest BCUT2D eigenvalue weighted by Crippen LogP contribution is 2.33. The zero-order valence-electron chi connectivity index (χ0n) is 15.7. The van der Waals surface area contributed by atoms with Gasteiger partial charge in [0.05, 0.1) is 5.69 Å². The largest absolute Gasteiger partial charge is 0.393 e. The number of anilines is 1. The van der Waals surface area contributed by atoms with Gasteiger partial charge in [0.15, 0.2) is 0 Å². The van der Waals surface area contributed by atoms with Crippen LogP contribution in [-0.2, 0) is 9.59 Å². The lowest BCUT2D eigenvalue weighted by molar-refractivity contribution is -0.120. The van der Waals surface area contributed by atoms with E-state index in [4.69, 9.17) is 0 Å². The van der Waals surface area contributed by atoms with Crippen LogP contribution in [0.4, 0.5) is 5.69 Å². The molecule has 1 fully saturated rings. The van der Waals surface area contributed by atoms with E-state index in [-0.39, 0.29) is 11.3 Å². The van der Waals surface area contributed by atoms with Gasteiger partial charge in [0.2, 0.25) is 0 Å². The first-order valence-corrected chi connectivity index (χ1v) is 9.15. The van der Waals surface area contributed by atoms with E-state index in [1.165, 1.54) is 0 Å². The van der Waals surface area contributed by atoms with Gasteiger partial charge in [-0.2, -0.15) is 4.79 Å². The minimum Gasteiger partial charge on any atom is -0.361 e. The Labute approximate surface area is 168 Å². The second-order valence-corrected chi connectivity index (χ2v) is 6.71. The number of rotatable bonds is 3. The van der Waals surface area contributed by atoms with Crippen molar-refractivity contribution in [1.29, 1.82) is 0 Å². The molecule has 4 rings (SSSR count). The molecular weight excluding hydrogens is 362 g/mol. The summed E-state index contributed by atoms with van der Waals surface area (Å²) in [6.07, 6.45) is 0. The quantitative estimate of drug-likeness (QED) is 0.298. The predicted molar refractivity (Wildman–Crippen MR) is 111 cm³/mol. The molecule has 2 amide bonds. The van der Waals surface area contributed by atoms with Crippen LogP contribution in [0, 0.1) is 6.92 Å². The second kappa shape index (κ2) is 7.50. The van der Waals surface area contributed by atoms with E-state index in [0.29, 0.717) is 11.3 Å². The summed E-state index contributed by atoms with van der Waals surface area (Å²) in [5.41, 5.74) is 12.9. The number of nitrogens with zero attached hydrogens (tertiary/aromatic N) is 3. The maximum atomic E-state index is 13.4. The molecular formula is C24H17N3O2. The van der Waals surface area contributed by atoms with Crippen molar-refractivity contribution in [3.05, 3.63) is 113 Å². The fourth-order valence-corrected chi connectivity index (χ4v) is 3.43. The highest BCUT2D eigenvalue weighted by molar-refractivity contribution is 6.65. The van der Waals surface area contributed by atoms with Gasteiger partial charge in [-0.1, -0.05) is 78.4 Å². The molecule has 1 aliphatic heterocycles. The van der Waals surface area contributed by atoms with Crippen LogP contribution < -0.4 is 4.90 Å². The summed E-state index contributed by atoms with van der Waals surface area (Å²) in [6, 6.07) is 25.6. The van der Waals surface area contributed by atoms with Gasteiger partial charge in [0.25, 0.3) is 5.91 Å². The fourth-order valence-electron chi connectivity index (χ4n) is 3.43. The molecule has 0 unspecified atom stereocenters. The lowest BCUT2D eigenvalue weighted by Crippen LogP contribution is -2.30. The van der Waals surface area contributed by atoms with Gasteiger partial charge in [0.1, 0.15) is 5.57 Å². The van der Waals surface area contributed by atoms with Crippen molar-refractivity contribution in [3.8, 4) is 0 Å². The molecule has 3 aromatic carbocycles. The highest BCUT2D eigenvalue weighted by Gasteiger charge is 2.49. The highest BCUT2D eigenvalue weighted by atomic mass is 16.2. The number of hydrogen-bond acceptors (Lipinski definition) is 2. The summed E-state index contributed by atoms with van der Waals surface area (Å²) in [6.45, 7) is 1.92. The third kappa shape index (κ3) is 3.20. The van der Waals surface area contributed by atoms with Gasteiger partial charge in [-0.25, -0.2) is 4.90 Å². The summed E-state index contributed by atoms with van der Waals surface area (Å²) in [4.78, 5) is 30.7. The molecule has 0 N–H and O–H groups in total. The van der Waals surface area contributed by atoms with E-state index >= 15 is 0 Å². The zero-order valence-corrected chi connectivity index (χ0v) is 15.7. The van der Waals surface area contributed by atoms with Gasteiger partial charge in [-0.15, -0.1) is 0 Å². The Bertz CT molecular complexity index is 1130. The number of benzene rings is 3. The van der Waals surface area contributed by atoms with E-state index in [1.54, 1.807) is 12.1 Å². The van der Waals surface area contributed by atoms with Crippen LogP contribution in [0.15, 0.2) is 90.5 Å². The summed E-state index contributed by atoms with van der Waals surface area (Å²) in [5, 5.41) is 0. The van der Waals surface area contributed by atoms with Crippen LogP contribution in [-0.4, -0.2) is 22.3 Å². The lowest BCUT2D eigenvalue weighted by Gasteiger charge is -2.13. The Morgan fingerprint density at radius 3 is 1.76 bits per heavy atom. The Balaban J connectivity index is 1.99. The molecule has 1 saturated heterocycles. The maximum Gasteiger partial charge on any atom is 0.393 e. The normalized spacial score (nSPS) is 13.6. The molecule has 1 aliphatic rings. The molecule has 3 aromatic rings. The van der Waals surface area contributed by atoms with E-state index in [2.05, 4.69) is 4.79 Å². The standard InChI is InChI=1S/C24H17N3O2/c1-16-12-14-19(15-13-16)27-23(28)21(22(26-25)24(27)29)20(17-8-4-2-5-9-17)18-10-6-3-7-11-18/h2-15H,1H3. The van der Waals surface area contributed by atoms with Crippen molar-refractivity contribution in [3.63, 3.8) is 0 Å². The minimum absolute atomic E-state index is 0.0791. The number of hydrogen-bond donors (Lipinski definition) is 0. The summed E-state index contributed by atoms with van der Waals surface area (Å²) < 4.78 is 0. The molecule has 0 radical (unpaired) electrons. The number of imide groups is 1. The van der Waals surface area contributed by atoms with Crippen molar-refractivity contribution in [2.24, 2.45) is 0 Å². The van der Waals surface area contributed by atoms with Crippen LogP contribution >= 0.6 is 0 Å². The summed E-state index contributed by atoms with van der Waals surface area (Å²) >= 11 is 0. The van der Waals surface area contributed by atoms with Gasteiger partial charge >= 0.3 is 11.6 Å². The fraction of sp³-hybridized carbons (Fsp3) is 0.0417. The van der Waals surface area contributed by atoms with Gasteiger partial charge < -0.3 is 5.53 Å². The first-order valence-electron chi connectivity index (χ1n) is 9.15. The molecule has 29 heavy (non-hydrogen) atoms. The molecule has 5 heteroatoms. The van der Waals surface area contributed by atoms with Crippen LogP contribution in [0.5, 0.6) is 0 Å². The van der Waals surface area contributed by atoms with Crippen LogP contribution in [0.25, 0.3) is 11.1 Å². The van der Waals surface area contributed by atoms with Crippen molar-refractivity contribution in [1.82, 2.24) is 0 Å². The Hall–Kier alpha value is -4.08. The molecule has 0 bridgehead atoms. The molecule has 5 nitrogen and oxygen atoms in total. The first kappa shape index (κ1) is 18.3. The predicted octanol–water partition coefficient (Wildman–Crippen LogP) is 4.04. The topological polar surface area (TPSA) is 73.8 Å². The van der Waals surface area contributed by atoms with E-state index in [1.807, 2.05) is 79.7 Å². The molecule has 0 atom stereocenters. The van der Waals surface area contributed by atoms with Gasteiger partial charge in [-0.05, 0) is 30.2 Å². The zero-order chi connectivity index (χ0) is 20.4. The number of carbonyl (C=O) groups is 2. The molecule has 0 spiro atoms. The molecule has 0 aromatic heterocycles. The van der Waals surface area contributed by atoms with Crippen molar-refractivity contribution >= 4 is 28.8 Å². The third-order valence-electron chi connectivity index (χ3n) is 4.83. The molecule has 1 heterocycles. The first-order chi connectivity index (χ1) is 14.1. The summed E-state index contributed by atoms with van der Waals surface area (Å²) in [5.74, 6) is -1.17. The maximum absolute atomic E-state index is 13.4. The lowest BCUT2D eigenvalue weighted by atomic mass is 9.91. The van der Waals surface area contributed by atoms with E-state index in [9.17, 15) is 15.1 Å². The van der Waals surface area contributed by atoms with Crippen molar-refractivity contribution < 1.29 is 14.4 Å². The van der Waals surface area contributed by atoms with Crippen LogP contribution in [0.1, 0.15) is 16.7 Å². The Kier molecular flexibility index (Phi) is 4.73. The Morgan fingerprint density at radius 2 is 1.28 bits per heavy atom. The SMILES string of the molecule is Cc1ccc(N2C(=O)C(=[N+]=[N-])C(=C(c3ccccc3)c3ccccc3)C2=O)cc1. The molecule has 140 valence electrons. The average molecular weight is 379 g/mol. The van der Waals surface area contributed by atoms with Crippen molar-refractivity contribution in [2.45, 2.75) is 6.92 Å². The van der Waals surface area contributed by atoms with Gasteiger partial charge in [-0.3, -0.25) is 9.59 Å². The second-order valence-electron chi connectivity index (χ2n) is 6.71. The third-order valence-corrected chi connectivity index (χ3v) is 4.83. The monoisotopic (exact) mass is 379 g/mol. The smallest absolute Gasteiger partial charge is 0.361 e.